The molecular weight excluding hydrogens is 390 g/mol. The summed E-state index contributed by atoms with van der Waals surface area (Å²) in [5, 5.41) is 0. The summed E-state index contributed by atoms with van der Waals surface area (Å²) < 4.78 is 4.72. The Hall–Kier alpha value is -3.18. The number of rotatable bonds is 3. The smallest absolute Gasteiger partial charge is 0.274 e. The third kappa shape index (κ3) is 2.81. The van der Waals surface area contributed by atoms with Crippen LogP contribution in [0.2, 0.25) is 0 Å². The van der Waals surface area contributed by atoms with Crippen molar-refractivity contribution in [3.8, 4) is 5.69 Å². The van der Waals surface area contributed by atoms with Crippen LogP contribution >= 0.6 is 11.3 Å². The van der Waals surface area contributed by atoms with Crippen LogP contribution in [0.4, 0.5) is 0 Å². The highest BCUT2D eigenvalue weighted by Crippen LogP contribution is 2.28. The van der Waals surface area contributed by atoms with Crippen molar-refractivity contribution in [2.45, 2.75) is 33.6 Å². The van der Waals surface area contributed by atoms with Crippen molar-refractivity contribution < 1.29 is 0 Å². The molecule has 0 aliphatic heterocycles. The predicted molar refractivity (Wildman–Crippen MR) is 125 cm³/mol. The number of para-hydroxylation sites is 3. The summed E-state index contributed by atoms with van der Waals surface area (Å²) in [6.45, 7) is 8.67. The van der Waals surface area contributed by atoms with Gasteiger partial charge in [0, 0.05) is 17.1 Å². The summed E-state index contributed by atoms with van der Waals surface area (Å²) in [6, 6.07) is 18.5. The van der Waals surface area contributed by atoms with Gasteiger partial charge in [-0.05, 0) is 61.2 Å². The number of thiazole rings is 1. The van der Waals surface area contributed by atoms with Crippen LogP contribution in [-0.4, -0.2) is 14.0 Å². The molecule has 3 aromatic heterocycles. The van der Waals surface area contributed by atoms with E-state index in [1.54, 1.807) is 4.40 Å². The van der Waals surface area contributed by atoms with E-state index < -0.39 is 0 Å². The van der Waals surface area contributed by atoms with E-state index in [1.807, 2.05) is 30.3 Å². The molecule has 0 aliphatic carbocycles. The second kappa shape index (κ2) is 6.96. The Morgan fingerprint density at radius 1 is 1.03 bits per heavy atom. The molecule has 0 radical (unpaired) electrons. The van der Waals surface area contributed by atoms with Gasteiger partial charge in [0.2, 0.25) is 0 Å². The van der Waals surface area contributed by atoms with E-state index in [0.717, 1.165) is 32.9 Å². The summed E-state index contributed by atoms with van der Waals surface area (Å²) in [6.07, 6.45) is 2.01. The molecule has 0 fully saturated rings. The third-order valence-corrected chi connectivity index (χ3v) is 6.67. The maximum absolute atomic E-state index is 13.1. The van der Waals surface area contributed by atoms with E-state index in [4.69, 9.17) is 0 Å². The molecule has 0 unspecified atom stereocenters. The van der Waals surface area contributed by atoms with Gasteiger partial charge in [0.1, 0.15) is 0 Å². The highest BCUT2D eigenvalue weighted by Gasteiger charge is 2.15. The first kappa shape index (κ1) is 18.8. The molecule has 0 spiro atoms. The Bertz CT molecular complexity index is 1520. The monoisotopic (exact) mass is 413 g/mol. The molecule has 5 rings (SSSR count). The standard InChI is InChI=1S/C25H23N3OS/c1-15(2)19-9-5-7-11-21(19)27-16(3)13-18(17(27)4)14-23-24(29)28-22-12-8-6-10-20(22)26-25(28)30-23/h5-15H,1-4H3. The lowest BCUT2D eigenvalue weighted by Gasteiger charge is -2.17. The Morgan fingerprint density at radius 3 is 2.57 bits per heavy atom. The van der Waals surface area contributed by atoms with Crippen LogP contribution in [0.25, 0.3) is 27.8 Å². The first-order valence-corrected chi connectivity index (χ1v) is 11.0. The zero-order chi connectivity index (χ0) is 21.0. The first-order chi connectivity index (χ1) is 14.5. The lowest BCUT2D eigenvalue weighted by molar-refractivity contribution is 0.835. The SMILES string of the molecule is Cc1cc(C=c2sc3nc4ccccc4n3c2=O)c(C)n1-c1ccccc1C(C)C. The lowest BCUT2D eigenvalue weighted by Crippen LogP contribution is -2.22. The van der Waals surface area contributed by atoms with E-state index >= 15 is 0 Å². The van der Waals surface area contributed by atoms with Crippen molar-refractivity contribution in [3.63, 3.8) is 0 Å². The van der Waals surface area contributed by atoms with Crippen molar-refractivity contribution >= 4 is 33.4 Å². The molecule has 0 atom stereocenters. The zero-order valence-electron chi connectivity index (χ0n) is 17.5. The topological polar surface area (TPSA) is 39.3 Å². The number of fused-ring (bicyclic) bond motifs is 3. The number of nitrogens with zero attached hydrogens (tertiary/aromatic N) is 3. The molecule has 150 valence electrons. The maximum Gasteiger partial charge on any atom is 0.274 e. The number of hydrogen-bond donors (Lipinski definition) is 0. The number of aromatic nitrogens is 3. The average molecular weight is 414 g/mol. The highest BCUT2D eigenvalue weighted by molar-refractivity contribution is 7.15. The quantitative estimate of drug-likeness (QED) is 0.418. The van der Waals surface area contributed by atoms with Gasteiger partial charge in [-0.1, -0.05) is 55.5 Å². The predicted octanol–water partition coefficient (Wildman–Crippen LogP) is 4.99. The van der Waals surface area contributed by atoms with Crippen molar-refractivity contribution in [3.05, 3.63) is 92.0 Å². The van der Waals surface area contributed by atoms with Gasteiger partial charge in [0.05, 0.1) is 15.6 Å². The van der Waals surface area contributed by atoms with Crippen molar-refractivity contribution in [1.29, 1.82) is 0 Å². The Labute approximate surface area is 178 Å². The van der Waals surface area contributed by atoms with E-state index in [-0.39, 0.29) is 5.56 Å². The second-order valence-electron chi connectivity index (χ2n) is 8.01. The Balaban J connectivity index is 1.71. The van der Waals surface area contributed by atoms with Crippen LogP contribution in [0.3, 0.4) is 0 Å². The van der Waals surface area contributed by atoms with E-state index in [2.05, 4.69) is 67.6 Å². The van der Waals surface area contributed by atoms with Gasteiger partial charge in [-0.2, -0.15) is 0 Å². The van der Waals surface area contributed by atoms with Crippen molar-refractivity contribution in [2.75, 3.05) is 0 Å². The van der Waals surface area contributed by atoms with Crippen LogP contribution in [0.1, 0.15) is 42.3 Å². The van der Waals surface area contributed by atoms with Gasteiger partial charge in [0.25, 0.3) is 5.56 Å². The number of imidazole rings is 1. The molecule has 3 heterocycles. The Kier molecular flexibility index (Phi) is 4.36. The lowest BCUT2D eigenvalue weighted by atomic mass is 10.0. The maximum atomic E-state index is 13.1. The van der Waals surface area contributed by atoms with Gasteiger partial charge in [-0.25, -0.2) is 9.38 Å². The summed E-state index contributed by atoms with van der Waals surface area (Å²) in [5.74, 6) is 0.432. The van der Waals surface area contributed by atoms with Crippen molar-refractivity contribution in [1.82, 2.24) is 14.0 Å². The fraction of sp³-hybridized carbons (Fsp3) is 0.200. The summed E-state index contributed by atoms with van der Waals surface area (Å²) in [5.41, 5.74) is 7.60. The normalized spacial score (nSPS) is 12.6. The molecule has 0 saturated carbocycles. The number of hydrogen-bond acceptors (Lipinski definition) is 3. The molecular formula is C25H23N3OS. The van der Waals surface area contributed by atoms with Crippen LogP contribution in [0.5, 0.6) is 0 Å². The number of aryl methyl sites for hydroxylation is 1. The minimum Gasteiger partial charge on any atom is -0.318 e. The van der Waals surface area contributed by atoms with Gasteiger partial charge in [0.15, 0.2) is 4.96 Å². The molecule has 4 nitrogen and oxygen atoms in total. The third-order valence-electron chi connectivity index (χ3n) is 5.70. The van der Waals surface area contributed by atoms with E-state index in [0.29, 0.717) is 10.5 Å². The van der Waals surface area contributed by atoms with Crippen molar-refractivity contribution in [2.24, 2.45) is 0 Å². The molecule has 0 N–H and O–H groups in total. The molecule has 0 bridgehead atoms. The highest BCUT2D eigenvalue weighted by atomic mass is 32.1. The minimum atomic E-state index is -0.00363. The average Bonchev–Trinajstić information content (AvgIpc) is 3.33. The van der Waals surface area contributed by atoms with E-state index in [9.17, 15) is 4.79 Å². The van der Waals surface area contributed by atoms with Gasteiger partial charge in [-0.15, -0.1) is 0 Å². The summed E-state index contributed by atoms with van der Waals surface area (Å²) in [4.78, 5) is 18.5. The fourth-order valence-electron chi connectivity index (χ4n) is 4.24. The summed E-state index contributed by atoms with van der Waals surface area (Å²) in [7, 11) is 0. The molecule has 0 saturated heterocycles. The minimum absolute atomic E-state index is 0.00363. The molecule has 5 aromatic rings. The Morgan fingerprint density at radius 2 is 1.77 bits per heavy atom. The first-order valence-electron chi connectivity index (χ1n) is 10.2. The van der Waals surface area contributed by atoms with Gasteiger partial charge >= 0.3 is 0 Å². The van der Waals surface area contributed by atoms with Gasteiger partial charge in [-0.3, -0.25) is 4.79 Å². The molecule has 5 heteroatoms. The molecule has 2 aromatic carbocycles. The molecule has 0 amide bonds. The molecule has 30 heavy (non-hydrogen) atoms. The van der Waals surface area contributed by atoms with Crippen LogP contribution in [0.15, 0.2) is 59.4 Å². The fourth-order valence-corrected chi connectivity index (χ4v) is 5.21. The molecule has 0 aliphatic rings. The van der Waals surface area contributed by atoms with E-state index in [1.165, 1.54) is 22.6 Å². The van der Waals surface area contributed by atoms with Gasteiger partial charge < -0.3 is 4.57 Å². The zero-order valence-corrected chi connectivity index (χ0v) is 18.3. The largest absolute Gasteiger partial charge is 0.318 e. The van der Waals surface area contributed by atoms with Crippen LogP contribution in [-0.2, 0) is 0 Å². The number of benzene rings is 2. The van der Waals surface area contributed by atoms with Crippen LogP contribution < -0.4 is 10.1 Å². The van der Waals surface area contributed by atoms with Crippen LogP contribution in [0, 0.1) is 13.8 Å². The summed E-state index contributed by atoms with van der Waals surface area (Å²) >= 11 is 1.45. The second-order valence-corrected chi connectivity index (χ2v) is 9.02.